The molecule has 0 N–H and O–H groups in total. The number of rotatable bonds is 7. The SMILES string of the molecule is CC(Cc1c(F)cc(C2CCC(CCc3ccc(C#N)cc3)CC2)cc1F)c1ccccc1. The molecular weight excluding hydrogens is 412 g/mol. The molecule has 33 heavy (non-hydrogen) atoms. The fourth-order valence-electron chi connectivity index (χ4n) is 5.16. The van der Waals surface area contributed by atoms with Crippen LogP contribution in [0.3, 0.4) is 0 Å². The van der Waals surface area contributed by atoms with Crippen LogP contribution >= 0.6 is 0 Å². The summed E-state index contributed by atoms with van der Waals surface area (Å²) in [6.45, 7) is 2.02. The highest BCUT2D eigenvalue weighted by atomic mass is 19.1. The predicted molar refractivity (Wildman–Crippen MR) is 129 cm³/mol. The number of nitriles is 1. The second-order valence-electron chi connectivity index (χ2n) is 9.54. The molecule has 1 fully saturated rings. The molecule has 0 heterocycles. The summed E-state index contributed by atoms with van der Waals surface area (Å²) in [5.74, 6) is 0.136. The van der Waals surface area contributed by atoms with E-state index in [-0.39, 0.29) is 17.4 Å². The van der Waals surface area contributed by atoms with E-state index in [1.807, 2.05) is 61.5 Å². The third-order valence-electron chi connectivity index (χ3n) is 7.28. The Hall–Kier alpha value is -2.99. The zero-order chi connectivity index (χ0) is 23.2. The van der Waals surface area contributed by atoms with E-state index in [2.05, 4.69) is 6.07 Å². The molecule has 1 saturated carbocycles. The van der Waals surface area contributed by atoms with E-state index < -0.39 is 11.6 Å². The van der Waals surface area contributed by atoms with Crippen LogP contribution in [0.15, 0.2) is 66.7 Å². The average molecular weight is 444 g/mol. The van der Waals surface area contributed by atoms with Crippen LogP contribution in [-0.2, 0) is 12.8 Å². The highest BCUT2D eigenvalue weighted by molar-refractivity contribution is 5.32. The summed E-state index contributed by atoms with van der Waals surface area (Å²) in [6, 6.07) is 23.0. The zero-order valence-electron chi connectivity index (χ0n) is 19.2. The molecule has 0 bridgehead atoms. The Morgan fingerprint density at radius 2 is 1.55 bits per heavy atom. The Bertz CT molecular complexity index is 1070. The molecule has 1 nitrogen and oxygen atoms in total. The Balaban J connectivity index is 1.33. The van der Waals surface area contributed by atoms with Gasteiger partial charge in [0.15, 0.2) is 0 Å². The first-order valence-electron chi connectivity index (χ1n) is 12.0. The topological polar surface area (TPSA) is 23.8 Å². The summed E-state index contributed by atoms with van der Waals surface area (Å²) in [4.78, 5) is 0. The zero-order valence-corrected chi connectivity index (χ0v) is 19.2. The first-order chi connectivity index (χ1) is 16.0. The molecule has 1 atom stereocenters. The van der Waals surface area contributed by atoms with Crippen LogP contribution in [0.5, 0.6) is 0 Å². The molecule has 3 aromatic rings. The van der Waals surface area contributed by atoms with Gasteiger partial charge in [-0.05, 0) is 104 Å². The van der Waals surface area contributed by atoms with Crippen LogP contribution in [0.4, 0.5) is 8.78 Å². The number of aryl methyl sites for hydroxylation is 1. The number of nitrogens with zero attached hydrogens (tertiary/aromatic N) is 1. The van der Waals surface area contributed by atoms with Gasteiger partial charge in [-0.3, -0.25) is 0 Å². The van der Waals surface area contributed by atoms with Gasteiger partial charge in [0.2, 0.25) is 0 Å². The third-order valence-corrected chi connectivity index (χ3v) is 7.28. The number of hydrogen-bond donors (Lipinski definition) is 0. The Morgan fingerprint density at radius 1 is 0.909 bits per heavy atom. The van der Waals surface area contributed by atoms with Crippen molar-refractivity contribution >= 4 is 0 Å². The van der Waals surface area contributed by atoms with Crippen molar-refractivity contribution in [1.29, 1.82) is 5.26 Å². The van der Waals surface area contributed by atoms with Gasteiger partial charge in [-0.25, -0.2) is 8.78 Å². The third kappa shape index (κ3) is 5.88. The average Bonchev–Trinajstić information content (AvgIpc) is 2.86. The van der Waals surface area contributed by atoms with Crippen molar-refractivity contribution in [2.45, 2.75) is 63.7 Å². The highest BCUT2D eigenvalue weighted by Crippen LogP contribution is 2.38. The number of halogens is 2. The molecule has 0 saturated heterocycles. The van der Waals surface area contributed by atoms with E-state index in [9.17, 15) is 8.78 Å². The maximum absolute atomic E-state index is 14.9. The molecule has 0 amide bonds. The van der Waals surface area contributed by atoms with E-state index in [0.717, 1.165) is 49.7 Å². The Morgan fingerprint density at radius 3 is 2.15 bits per heavy atom. The second kappa shape index (κ2) is 10.8. The summed E-state index contributed by atoms with van der Waals surface area (Å²) in [7, 11) is 0. The highest BCUT2D eigenvalue weighted by Gasteiger charge is 2.24. The minimum Gasteiger partial charge on any atom is -0.207 e. The van der Waals surface area contributed by atoms with Crippen LogP contribution in [0.1, 0.15) is 78.7 Å². The van der Waals surface area contributed by atoms with E-state index in [4.69, 9.17) is 5.26 Å². The normalized spacial score (nSPS) is 19.1. The van der Waals surface area contributed by atoms with Crippen LogP contribution in [0.2, 0.25) is 0 Å². The molecule has 3 heteroatoms. The first kappa shape index (κ1) is 23.2. The van der Waals surface area contributed by atoms with Gasteiger partial charge in [-0.15, -0.1) is 0 Å². The molecule has 1 aliphatic carbocycles. The van der Waals surface area contributed by atoms with Gasteiger partial charge < -0.3 is 0 Å². The van der Waals surface area contributed by atoms with Crippen LogP contribution in [-0.4, -0.2) is 0 Å². The summed E-state index contributed by atoms with van der Waals surface area (Å²) < 4.78 is 29.8. The van der Waals surface area contributed by atoms with Crippen LogP contribution in [0, 0.1) is 28.9 Å². The van der Waals surface area contributed by atoms with Gasteiger partial charge in [-0.1, -0.05) is 49.4 Å². The van der Waals surface area contributed by atoms with Crippen molar-refractivity contribution in [1.82, 2.24) is 0 Å². The monoisotopic (exact) mass is 443 g/mol. The molecule has 1 unspecified atom stereocenters. The molecule has 1 aliphatic rings. The predicted octanol–water partition coefficient (Wildman–Crippen LogP) is 8.09. The van der Waals surface area contributed by atoms with E-state index in [1.54, 1.807) is 12.1 Å². The van der Waals surface area contributed by atoms with Crippen LogP contribution in [0.25, 0.3) is 0 Å². The lowest BCUT2D eigenvalue weighted by molar-refractivity contribution is 0.309. The largest absolute Gasteiger partial charge is 0.207 e. The minimum atomic E-state index is -0.407. The second-order valence-corrected chi connectivity index (χ2v) is 9.54. The van der Waals surface area contributed by atoms with E-state index in [0.29, 0.717) is 17.9 Å². The summed E-state index contributed by atoms with van der Waals surface area (Å²) in [6.07, 6.45) is 6.65. The van der Waals surface area contributed by atoms with E-state index >= 15 is 0 Å². The van der Waals surface area contributed by atoms with Gasteiger partial charge in [0.05, 0.1) is 11.6 Å². The van der Waals surface area contributed by atoms with Gasteiger partial charge in [0, 0.05) is 5.56 Å². The van der Waals surface area contributed by atoms with Crippen molar-refractivity contribution in [2.75, 3.05) is 0 Å². The molecule has 0 radical (unpaired) electrons. The maximum Gasteiger partial charge on any atom is 0.129 e. The molecule has 170 valence electrons. The quantitative estimate of drug-likeness (QED) is 0.362. The molecule has 0 spiro atoms. The fourth-order valence-corrected chi connectivity index (χ4v) is 5.16. The smallest absolute Gasteiger partial charge is 0.129 e. The van der Waals surface area contributed by atoms with E-state index in [1.165, 1.54) is 5.56 Å². The summed E-state index contributed by atoms with van der Waals surface area (Å²) in [5, 5.41) is 8.92. The number of hydrogen-bond acceptors (Lipinski definition) is 1. The minimum absolute atomic E-state index is 0.0626. The van der Waals surface area contributed by atoms with Crippen molar-refractivity contribution in [2.24, 2.45) is 5.92 Å². The standard InChI is InChI=1S/C30H31F2N/c1-21(25-5-3-2-4-6-25)17-28-29(31)18-27(19-30(28)32)26-15-13-23(14-16-26)8-7-22-9-11-24(20-33)12-10-22/h2-6,9-12,18-19,21,23,26H,7-8,13-17H2,1H3. The molecule has 0 aromatic heterocycles. The molecule has 3 aromatic carbocycles. The lowest BCUT2D eigenvalue weighted by atomic mass is 9.76. The lowest BCUT2D eigenvalue weighted by Gasteiger charge is -2.29. The summed E-state index contributed by atoms with van der Waals surface area (Å²) in [5.41, 5.74) is 4.07. The Labute approximate surface area is 196 Å². The van der Waals surface area contributed by atoms with Gasteiger partial charge in [0.1, 0.15) is 11.6 Å². The van der Waals surface area contributed by atoms with Crippen molar-refractivity contribution < 1.29 is 8.78 Å². The molecular formula is C30H31F2N. The number of benzene rings is 3. The molecule has 0 aliphatic heterocycles. The fraction of sp³-hybridized carbons (Fsp3) is 0.367. The Kier molecular flexibility index (Phi) is 7.55. The van der Waals surface area contributed by atoms with Crippen molar-refractivity contribution in [3.05, 3.63) is 106 Å². The summed E-state index contributed by atoms with van der Waals surface area (Å²) >= 11 is 0. The van der Waals surface area contributed by atoms with Gasteiger partial charge in [0.25, 0.3) is 0 Å². The van der Waals surface area contributed by atoms with Crippen molar-refractivity contribution in [3.63, 3.8) is 0 Å². The van der Waals surface area contributed by atoms with Gasteiger partial charge in [-0.2, -0.15) is 5.26 Å². The van der Waals surface area contributed by atoms with Crippen molar-refractivity contribution in [3.8, 4) is 6.07 Å². The van der Waals surface area contributed by atoms with Crippen LogP contribution < -0.4 is 0 Å². The maximum atomic E-state index is 14.9. The lowest BCUT2D eigenvalue weighted by Crippen LogP contribution is -2.15. The molecule has 4 rings (SSSR count). The van der Waals surface area contributed by atoms with Gasteiger partial charge >= 0.3 is 0 Å². The first-order valence-corrected chi connectivity index (χ1v) is 12.0.